The topological polar surface area (TPSA) is 60.5 Å². The lowest BCUT2D eigenvalue weighted by molar-refractivity contribution is -0.0233. The largest absolute Gasteiger partial charge is 0.489 e. The van der Waals surface area contributed by atoms with Crippen LogP contribution in [0.1, 0.15) is 42.6 Å². The molecular formula is C21H26N2O3. The van der Waals surface area contributed by atoms with Gasteiger partial charge < -0.3 is 14.8 Å². The minimum atomic E-state index is -0.0637. The Morgan fingerprint density at radius 1 is 1.35 bits per heavy atom. The van der Waals surface area contributed by atoms with Crippen LogP contribution < -0.4 is 10.1 Å². The van der Waals surface area contributed by atoms with E-state index in [9.17, 15) is 4.79 Å². The van der Waals surface area contributed by atoms with E-state index in [1.165, 1.54) is 0 Å². The zero-order chi connectivity index (χ0) is 18.4. The lowest BCUT2D eigenvalue weighted by Gasteiger charge is -2.32. The van der Waals surface area contributed by atoms with Crippen molar-refractivity contribution in [3.63, 3.8) is 0 Å². The number of rotatable bonds is 6. The van der Waals surface area contributed by atoms with Gasteiger partial charge >= 0.3 is 0 Å². The number of hydrogen-bond acceptors (Lipinski definition) is 4. The third kappa shape index (κ3) is 5.05. The molecule has 138 valence electrons. The fourth-order valence-electron chi connectivity index (χ4n) is 3.07. The number of carbonyl (C=O) groups is 1. The Balaban J connectivity index is 1.57. The maximum atomic E-state index is 12.6. The molecule has 0 saturated carbocycles. The molecule has 1 aromatic carbocycles. The fourth-order valence-corrected chi connectivity index (χ4v) is 3.07. The third-order valence-electron chi connectivity index (χ3n) is 4.62. The molecule has 1 amide bonds. The number of pyridine rings is 1. The van der Waals surface area contributed by atoms with Crippen LogP contribution in [0.2, 0.25) is 0 Å². The molecule has 2 heterocycles. The highest BCUT2D eigenvalue weighted by molar-refractivity contribution is 5.94. The van der Waals surface area contributed by atoms with Crippen molar-refractivity contribution in [2.45, 2.75) is 45.4 Å². The first-order valence-corrected chi connectivity index (χ1v) is 9.16. The van der Waals surface area contributed by atoms with Crippen molar-refractivity contribution in [2.24, 2.45) is 5.92 Å². The van der Waals surface area contributed by atoms with E-state index in [-0.39, 0.29) is 18.1 Å². The zero-order valence-corrected chi connectivity index (χ0v) is 15.4. The molecule has 1 N–H and O–H groups in total. The zero-order valence-electron chi connectivity index (χ0n) is 15.4. The molecule has 3 rings (SSSR count). The molecule has 1 fully saturated rings. The molecule has 26 heavy (non-hydrogen) atoms. The Morgan fingerprint density at radius 2 is 2.23 bits per heavy atom. The number of aromatic nitrogens is 1. The first kappa shape index (κ1) is 18.4. The highest BCUT2D eigenvalue weighted by Gasteiger charge is 2.26. The summed E-state index contributed by atoms with van der Waals surface area (Å²) in [6.07, 6.45) is 5.43. The molecule has 0 aliphatic carbocycles. The van der Waals surface area contributed by atoms with Crippen molar-refractivity contribution in [2.75, 3.05) is 6.61 Å². The Morgan fingerprint density at radius 3 is 3.00 bits per heavy atom. The van der Waals surface area contributed by atoms with Gasteiger partial charge in [0.1, 0.15) is 12.4 Å². The second kappa shape index (κ2) is 8.81. The van der Waals surface area contributed by atoms with Crippen molar-refractivity contribution in [1.82, 2.24) is 10.3 Å². The van der Waals surface area contributed by atoms with Gasteiger partial charge in [-0.1, -0.05) is 26.0 Å². The lowest BCUT2D eigenvalue weighted by Crippen LogP contribution is -2.43. The van der Waals surface area contributed by atoms with E-state index in [2.05, 4.69) is 24.1 Å². The van der Waals surface area contributed by atoms with Crippen LogP contribution in [0, 0.1) is 5.92 Å². The molecule has 2 atom stereocenters. The molecule has 0 bridgehead atoms. The summed E-state index contributed by atoms with van der Waals surface area (Å²) < 4.78 is 11.6. The van der Waals surface area contributed by atoms with Gasteiger partial charge in [0, 0.05) is 36.2 Å². The Hall–Kier alpha value is -2.40. The SMILES string of the molecule is CC(C)[C@@H]1C[C@H](NC(=O)c2cccc(OCc3cccnc3)c2)CCO1. The molecule has 0 unspecified atom stereocenters. The van der Waals surface area contributed by atoms with Crippen LogP contribution in [0.25, 0.3) is 0 Å². The van der Waals surface area contributed by atoms with Crippen molar-refractivity contribution in [1.29, 1.82) is 0 Å². The van der Waals surface area contributed by atoms with Crippen molar-refractivity contribution in [3.05, 3.63) is 59.9 Å². The summed E-state index contributed by atoms with van der Waals surface area (Å²) in [5.74, 6) is 1.07. The standard InChI is InChI=1S/C21H26N2O3/c1-15(2)20-12-18(8-10-25-20)23-21(24)17-6-3-7-19(11-17)26-14-16-5-4-9-22-13-16/h3-7,9,11,13,15,18,20H,8,10,12,14H2,1-2H3,(H,23,24)/t18-,20+/m1/s1. The van der Waals surface area contributed by atoms with Gasteiger partial charge in [0.15, 0.2) is 0 Å². The molecule has 0 spiro atoms. The summed E-state index contributed by atoms with van der Waals surface area (Å²) in [4.78, 5) is 16.7. The first-order chi connectivity index (χ1) is 12.6. The van der Waals surface area contributed by atoms with E-state index in [1.807, 2.05) is 30.3 Å². The van der Waals surface area contributed by atoms with Crippen molar-refractivity contribution >= 4 is 5.91 Å². The van der Waals surface area contributed by atoms with Gasteiger partial charge in [-0.15, -0.1) is 0 Å². The second-order valence-corrected chi connectivity index (χ2v) is 7.03. The summed E-state index contributed by atoms with van der Waals surface area (Å²) in [6, 6.07) is 11.3. The van der Waals surface area contributed by atoms with Crippen LogP contribution in [0.4, 0.5) is 0 Å². The fraction of sp³-hybridized carbons (Fsp3) is 0.429. The van der Waals surface area contributed by atoms with Gasteiger partial charge in [0.2, 0.25) is 0 Å². The number of benzene rings is 1. The predicted octanol–water partition coefficient (Wildman–Crippen LogP) is 3.59. The minimum absolute atomic E-state index is 0.0637. The van der Waals surface area contributed by atoms with Gasteiger partial charge in [-0.3, -0.25) is 9.78 Å². The Kier molecular flexibility index (Phi) is 6.23. The van der Waals surface area contributed by atoms with Gasteiger partial charge in [-0.2, -0.15) is 0 Å². The van der Waals surface area contributed by atoms with E-state index in [0.717, 1.165) is 18.4 Å². The number of carbonyl (C=O) groups excluding carboxylic acids is 1. The van der Waals surface area contributed by atoms with Gasteiger partial charge in [-0.05, 0) is 43.0 Å². The van der Waals surface area contributed by atoms with Gasteiger partial charge in [0.05, 0.1) is 6.10 Å². The van der Waals surface area contributed by atoms with Crippen LogP contribution >= 0.6 is 0 Å². The van der Waals surface area contributed by atoms with E-state index in [4.69, 9.17) is 9.47 Å². The molecule has 0 radical (unpaired) electrons. The van der Waals surface area contributed by atoms with E-state index >= 15 is 0 Å². The average Bonchev–Trinajstić information content (AvgIpc) is 2.67. The summed E-state index contributed by atoms with van der Waals surface area (Å²) >= 11 is 0. The molecule has 5 heteroatoms. The van der Waals surface area contributed by atoms with Crippen LogP contribution in [-0.4, -0.2) is 29.6 Å². The van der Waals surface area contributed by atoms with Gasteiger partial charge in [0.25, 0.3) is 5.91 Å². The summed E-state index contributed by atoms with van der Waals surface area (Å²) in [5.41, 5.74) is 1.60. The Labute approximate surface area is 154 Å². The monoisotopic (exact) mass is 354 g/mol. The minimum Gasteiger partial charge on any atom is -0.489 e. The Bertz CT molecular complexity index is 718. The molecule has 5 nitrogen and oxygen atoms in total. The van der Waals surface area contributed by atoms with Crippen LogP contribution in [0.5, 0.6) is 5.75 Å². The number of ether oxygens (including phenoxy) is 2. The number of nitrogens with one attached hydrogen (secondary N) is 1. The van der Waals surface area contributed by atoms with Gasteiger partial charge in [-0.25, -0.2) is 0 Å². The molecule has 1 saturated heterocycles. The van der Waals surface area contributed by atoms with Crippen LogP contribution in [0.15, 0.2) is 48.8 Å². The summed E-state index contributed by atoms with van der Waals surface area (Å²) in [6.45, 7) is 5.42. The molecule has 1 aromatic heterocycles. The quantitative estimate of drug-likeness (QED) is 0.861. The maximum absolute atomic E-state index is 12.6. The molecule has 1 aliphatic heterocycles. The van der Waals surface area contributed by atoms with E-state index in [0.29, 0.717) is 30.4 Å². The lowest BCUT2D eigenvalue weighted by atomic mass is 9.95. The third-order valence-corrected chi connectivity index (χ3v) is 4.62. The average molecular weight is 354 g/mol. The number of amides is 1. The maximum Gasteiger partial charge on any atom is 0.251 e. The van der Waals surface area contributed by atoms with Crippen molar-refractivity contribution in [3.8, 4) is 5.75 Å². The summed E-state index contributed by atoms with van der Waals surface area (Å²) in [5, 5.41) is 3.14. The normalized spacial score (nSPS) is 20.0. The smallest absolute Gasteiger partial charge is 0.251 e. The molecular weight excluding hydrogens is 328 g/mol. The number of nitrogens with zero attached hydrogens (tertiary/aromatic N) is 1. The highest BCUT2D eigenvalue weighted by atomic mass is 16.5. The highest BCUT2D eigenvalue weighted by Crippen LogP contribution is 2.21. The second-order valence-electron chi connectivity index (χ2n) is 7.03. The van der Waals surface area contributed by atoms with E-state index < -0.39 is 0 Å². The van der Waals surface area contributed by atoms with Crippen molar-refractivity contribution < 1.29 is 14.3 Å². The molecule has 2 aromatic rings. The van der Waals surface area contributed by atoms with E-state index in [1.54, 1.807) is 18.5 Å². The predicted molar refractivity (Wildman–Crippen MR) is 100 cm³/mol. The number of hydrogen-bond donors (Lipinski definition) is 1. The molecule has 1 aliphatic rings. The first-order valence-electron chi connectivity index (χ1n) is 9.16. The van der Waals surface area contributed by atoms with Crippen LogP contribution in [0.3, 0.4) is 0 Å². The summed E-state index contributed by atoms with van der Waals surface area (Å²) in [7, 11) is 0. The van der Waals surface area contributed by atoms with Crippen LogP contribution in [-0.2, 0) is 11.3 Å².